The van der Waals surface area contributed by atoms with Crippen molar-refractivity contribution in [3.8, 4) is 5.75 Å². The van der Waals surface area contributed by atoms with Gasteiger partial charge in [-0.1, -0.05) is 34.8 Å². The molecule has 1 aromatic carbocycles. The fraction of sp³-hybridized carbons (Fsp3) is 0.471. The Morgan fingerprint density at radius 2 is 1.87 bits per heavy atom. The predicted molar refractivity (Wildman–Crippen MR) is 106 cm³/mol. The number of carbonyl (C=O) groups is 1. The normalized spacial score (nSPS) is 15.0. The van der Waals surface area contributed by atoms with Crippen molar-refractivity contribution in [2.24, 2.45) is 0 Å². The van der Waals surface area contributed by atoms with Crippen LogP contribution < -0.4 is 4.74 Å². The molecular formula is C17H18Cl3F4N3O4. The van der Waals surface area contributed by atoms with Crippen LogP contribution >= 0.6 is 34.8 Å². The first-order valence-corrected chi connectivity index (χ1v) is 9.84. The molecular weight excluding hydrogens is 493 g/mol. The zero-order valence-electron chi connectivity index (χ0n) is 16.0. The van der Waals surface area contributed by atoms with Crippen LogP contribution in [0.5, 0.6) is 5.75 Å². The Balaban J connectivity index is 1.89. The van der Waals surface area contributed by atoms with Crippen LogP contribution in [0.4, 0.5) is 22.4 Å². The molecule has 2 rings (SSSR count). The van der Waals surface area contributed by atoms with E-state index in [2.05, 4.69) is 4.74 Å². The Hall–Kier alpha value is -1.82. The fourth-order valence-corrected chi connectivity index (χ4v) is 3.58. The van der Waals surface area contributed by atoms with Gasteiger partial charge in [0, 0.05) is 24.0 Å². The summed E-state index contributed by atoms with van der Waals surface area (Å²) in [5.41, 5.74) is 0. The van der Waals surface area contributed by atoms with Gasteiger partial charge in [0.05, 0.1) is 22.7 Å². The lowest BCUT2D eigenvalue weighted by molar-refractivity contribution is -0.316. The predicted octanol–water partition coefficient (Wildman–Crippen LogP) is 5.23. The third-order valence-corrected chi connectivity index (χ3v) is 4.70. The molecule has 1 N–H and O–H groups in total. The minimum atomic E-state index is -4.57. The summed E-state index contributed by atoms with van der Waals surface area (Å²) in [6, 6.07) is 2.84. The molecule has 0 aromatic heterocycles. The van der Waals surface area contributed by atoms with Crippen LogP contribution in [-0.2, 0) is 4.74 Å². The van der Waals surface area contributed by atoms with E-state index in [1.807, 2.05) is 0 Å². The van der Waals surface area contributed by atoms with Crippen LogP contribution in [0.15, 0.2) is 24.5 Å². The molecule has 31 heavy (non-hydrogen) atoms. The molecule has 1 amide bonds. The number of hydrogen-bond acceptors (Lipinski definition) is 5. The molecule has 1 aliphatic rings. The number of alkyl halides is 4. The minimum Gasteiger partial charge on any atom is -0.489 e. The van der Waals surface area contributed by atoms with Gasteiger partial charge in [-0.05, 0) is 19.1 Å². The van der Waals surface area contributed by atoms with Crippen molar-refractivity contribution >= 4 is 40.9 Å². The van der Waals surface area contributed by atoms with E-state index < -0.39 is 24.7 Å². The van der Waals surface area contributed by atoms with E-state index in [1.54, 1.807) is 0 Å². The standard InChI is InChI=1S/C17H18Cl3F4N3O4/c1-10(31-17(23,24)15(21)22)8-25-2-3-26(9-25)27(16(28)29)4-5-30-14-12(19)6-11(18)7-13(14)20/h2-3,6-7,10,15H,4-5,8-9H2,1H3,(H,28,29). The zero-order valence-corrected chi connectivity index (χ0v) is 18.2. The SMILES string of the molecule is CC(CN1C=CN(N(CCOc2c(Cl)cc(Cl)cc2Cl)C(=O)O)C1)OC(F)(F)C(F)F. The number of benzene rings is 1. The van der Waals surface area contributed by atoms with Gasteiger partial charge in [-0.3, -0.25) is 5.01 Å². The molecule has 0 bridgehead atoms. The summed E-state index contributed by atoms with van der Waals surface area (Å²) in [6.45, 7) is 0.753. The van der Waals surface area contributed by atoms with Crippen molar-refractivity contribution in [1.29, 1.82) is 0 Å². The van der Waals surface area contributed by atoms with E-state index >= 15 is 0 Å². The largest absolute Gasteiger partial charge is 0.489 e. The molecule has 1 aromatic rings. The first-order valence-electron chi connectivity index (χ1n) is 8.71. The molecule has 0 radical (unpaired) electrons. The van der Waals surface area contributed by atoms with E-state index in [9.17, 15) is 27.5 Å². The number of carboxylic acid groups (broad SMARTS) is 1. The summed E-state index contributed by atoms with van der Waals surface area (Å²) in [7, 11) is 0. The van der Waals surface area contributed by atoms with Gasteiger partial charge in [-0.2, -0.15) is 8.78 Å². The Labute approximate surface area is 190 Å². The Bertz CT molecular complexity index is 796. The summed E-state index contributed by atoms with van der Waals surface area (Å²) in [6.07, 6.45) is -8.28. The number of rotatable bonds is 10. The van der Waals surface area contributed by atoms with E-state index in [1.165, 1.54) is 41.4 Å². The molecule has 1 aliphatic heterocycles. The maximum atomic E-state index is 13.0. The monoisotopic (exact) mass is 509 g/mol. The van der Waals surface area contributed by atoms with Crippen LogP contribution in [-0.4, -0.2) is 71.1 Å². The molecule has 0 saturated heterocycles. The molecule has 0 saturated carbocycles. The Morgan fingerprint density at radius 1 is 1.26 bits per heavy atom. The van der Waals surface area contributed by atoms with Crippen molar-refractivity contribution in [3.63, 3.8) is 0 Å². The number of nitrogens with zero attached hydrogens (tertiary/aromatic N) is 3. The van der Waals surface area contributed by atoms with Crippen molar-refractivity contribution in [1.82, 2.24) is 14.9 Å². The maximum absolute atomic E-state index is 13.0. The highest BCUT2D eigenvalue weighted by molar-refractivity contribution is 6.40. The molecule has 1 unspecified atom stereocenters. The molecule has 1 atom stereocenters. The molecule has 7 nitrogen and oxygen atoms in total. The first kappa shape index (κ1) is 25.4. The number of amides is 1. The van der Waals surface area contributed by atoms with Crippen LogP contribution in [0.2, 0.25) is 15.1 Å². The van der Waals surface area contributed by atoms with Gasteiger partial charge >= 0.3 is 18.6 Å². The molecule has 14 heteroatoms. The highest BCUT2D eigenvalue weighted by atomic mass is 35.5. The van der Waals surface area contributed by atoms with Gasteiger partial charge < -0.3 is 19.5 Å². The van der Waals surface area contributed by atoms with E-state index in [0.29, 0.717) is 5.02 Å². The molecule has 0 spiro atoms. The second-order valence-corrected chi connectivity index (χ2v) is 7.64. The second-order valence-electron chi connectivity index (χ2n) is 6.39. The average molecular weight is 511 g/mol. The Morgan fingerprint density at radius 3 is 2.42 bits per heavy atom. The van der Waals surface area contributed by atoms with Gasteiger partial charge in [0.2, 0.25) is 0 Å². The zero-order chi connectivity index (χ0) is 23.3. The van der Waals surface area contributed by atoms with Gasteiger partial charge in [0.15, 0.2) is 5.75 Å². The minimum absolute atomic E-state index is 0.0390. The smallest absolute Gasteiger partial charge is 0.426 e. The van der Waals surface area contributed by atoms with Crippen LogP contribution in [0.1, 0.15) is 6.92 Å². The lowest BCUT2D eigenvalue weighted by atomic mass is 10.3. The number of ether oxygens (including phenoxy) is 2. The topological polar surface area (TPSA) is 65.5 Å². The van der Waals surface area contributed by atoms with Gasteiger partial charge in [0.25, 0.3) is 0 Å². The summed E-state index contributed by atoms with van der Waals surface area (Å²) in [5.74, 6) is 0.141. The van der Waals surface area contributed by atoms with Gasteiger partial charge in [0.1, 0.15) is 13.3 Å². The van der Waals surface area contributed by atoms with E-state index in [0.717, 1.165) is 5.01 Å². The summed E-state index contributed by atoms with van der Waals surface area (Å²) in [5, 5.41) is 12.3. The summed E-state index contributed by atoms with van der Waals surface area (Å²) in [4.78, 5) is 13.0. The average Bonchev–Trinajstić information content (AvgIpc) is 3.07. The third-order valence-electron chi connectivity index (χ3n) is 3.92. The van der Waals surface area contributed by atoms with Crippen molar-refractivity contribution in [2.75, 3.05) is 26.4 Å². The van der Waals surface area contributed by atoms with Crippen molar-refractivity contribution < 1.29 is 36.9 Å². The third kappa shape index (κ3) is 7.09. The van der Waals surface area contributed by atoms with Gasteiger partial charge in [-0.15, -0.1) is 0 Å². The highest BCUT2D eigenvalue weighted by Gasteiger charge is 2.44. The number of halogens is 7. The van der Waals surface area contributed by atoms with Crippen LogP contribution in [0, 0.1) is 0 Å². The molecule has 174 valence electrons. The van der Waals surface area contributed by atoms with Crippen LogP contribution in [0.25, 0.3) is 0 Å². The maximum Gasteiger partial charge on any atom is 0.426 e. The molecule has 0 fully saturated rings. The Kier molecular flexibility index (Phi) is 8.75. The lowest BCUT2D eigenvalue weighted by Crippen LogP contribution is -2.47. The quantitative estimate of drug-likeness (QED) is 0.435. The number of hydrogen-bond donors (Lipinski definition) is 1. The first-order chi connectivity index (χ1) is 14.4. The highest BCUT2D eigenvalue weighted by Crippen LogP contribution is 2.35. The van der Waals surface area contributed by atoms with Crippen molar-refractivity contribution in [3.05, 3.63) is 39.6 Å². The van der Waals surface area contributed by atoms with Gasteiger partial charge in [-0.25, -0.2) is 18.6 Å². The van der Waals surface area contributed by atoms with E-state index in [-0.39, 0.29) is 42.2 Å². The lowest BCUT2D eigenvalue weighted by Gasteiger charge is -2.31. The second kappa shape index (κ2) is 10.7. The number of hydrazine groups is 1. The summed E-state index contributed by atoms with van der Waals surface area (Å²) >= 11 is 17.8. The molecule has 1 heterocycles. The van der Waals surface area contributed by atoms with Crippen molar-refractivity contribution in [2.45, 2.75) is 25.6 Å². The fourth-order valence-electron chi connectivity index (χ4n) is 2.65. The van der Waals surface area contributed by atoms with E-state index in [4.69, 9.17) is 39.5 Å². The van der Waals surface area contributed by atoms with Crippen LogP contribution in [0.3, 0.4) is 0 Å². The molecule has 0 aliphatic carbocycles. The summed E-state index contributed by atoms with van der Waals surface area (Å²) < 4.78 is 60.0.